The summed E-state index contributed by atoms with van der Waals surface area (Å²) in [5.41, 5.74) is 4.15. The van der Waals surface area contributed by atoms with Gasteiger partial charge in [0.25, 0.3) is 0 Å². The van der Waals surface area contributed by atoms with Gasteiger partial charge in [0, 0.05) is 17.0 Å². The predicted octanol–water partition coefficient (Wildman–Crippen LogP) is 4.84. The van der Waals surface area contributed by atoms with Crippen molar-refractivity contribution in [3.8, 4) is 17.2 Å². The van der Waals surface area contributed by atoms with Gasteiger partial charge in [-0.25, -0.2) is 4.98 Å². The van der Waals surface area contributed by atoms with Gasteiger partial charge in [0.2, 0.25) is 5.91 Å². The maximum Gasteiger partial charge on any atom is 0.230 e. The minimum absolute atomic E-state index is 0.160. The van der Waals surface area contributed by atoms with Gasteiger partial charge in [0.15, 0.2) is 0 Å². The monoisotopic (exact) mass is 401 g/mol. The van der Waals surface area contributed by atoms with Crippen LogP contribution in [-0.2, 0) is 4.79 Å². The van der Waals surface area contributed by atoms with E-state index in [1.54, 1.807) is 12.4 Å². The molecule has 2 heterocycles. The Morgan fingerprint density at radius 2 is 2.10 bits per heavy atom. The molecule has 4 aromatic rings. The highest BCUT2D eigenvalue weighted by atomic mass is 35.5. The number of aryl methyl sites for hydroxylation is 1. The molecule has 2 atom stereocenters. The lowest BCUT2D eigenvalue weighted by molar-refractivity contribution is -0.117. The van der Waals surface area contributed by atoms with E-state index < -0.39 is 0 Å². The van der Waals surface area contributed by atoms with E-state index in [0.29, 0.717) is 17.3 Å². The van der Waals surface area contributed by atoms with Gasteiger partial charge in [-0.3, -0.25) is 9.89 Å². The molecule has 2 aromatic carbocycles. The van der Waals surface area contributed by atoms with Crippen LogP contribution in [0.5, 0.6) is 0 Å². The third-order valence-corrected chi connectivity index (χ3v) is 5.74. The Morgan fingerprint density at radius 1 is 1.24 bits per heavy atom. The number of carbonyl (C=O) groups excluding carboxylic acids is 1. The van der Waals surface area contributed by atoms with E-state index in [1.807, 2.05) is 25.1 Å². The molecule has 1 aliphatic rings. The van der Waals surface area contributed by atoms with Crippen LogP contribution in [0.4, 0.5) is 5.82 Å². The van der Waals surface area contributed by atoms with E-state index in [4.69, 9.17) is 16.9 Å². The first-order valence-electron chi connectivity index (χ1n) is 9.27. The molecule has 7 heteroatoms. The van der Waals surface area contributed by atoms with Crippen molar-refractivity contribution < 1.29 is 4.79 Å². The Labute approximate surface area is 171 Å². The Balaban J connectivity index is 1.54. The number of carbonyl (C=O) groups is 1. The van der Waals surface area contributed by atoms with Gasteiger partial charge in [-0.05, 0) is 65.8 Å². The highest BCUT2D eigenvalue weighted by Crippen LogP contribution is 2.39. The van der Waals surface area contributed by atoms with E-state index in [-0.39, 0.29) is 17.7 Å². The molecule has 6 nitrogen and oxygen atoms in total. The summed E-state index contributed by atoms with van der Waals surface area (Å²) in [7, 11) is 0. The van der Waals surface area contributed by atoms with Gasteiger partial charge in [0.05, 0.1) is 34.6 Å². The first-order chi connectivity index (χ1) is 14.0. The number of amides is 1. The molecule has 0 saturated heterocycles. The number of hydrogen-bond acceptors (Lipinski definition) is 4. The highest BCUT2D eigenvalue weighted by molar-refractivity contribution is 6.36. The topological polar surface area (TPSA) is 94.5 Å². The van der Waals surface area contributed by atoms with Crippen molar-refractivity contribution in [3.63, 3.8) is 0 Å². The molecule has 2 aromatic heterocycles. The summed E-state index contributed by atoms with van der Waals surface area (Å²) < 4.78 is 0. The van der Waals surface area contributed by atoms with Gasteiger partial charge in [-0.2, -0.15) is 10.4 Å². The average molecular weight is 402 g/mol. The van der Waals surface area contributed by atoms with Crippen molar-refractivity contribution in [3.05, 3.63) is 53.3 Å². The molecule has 1 fully saturated rings. The molecule has 5 rings (SSSR count). The fourth-order valence-electron chi connectivity index (χ4n) is 3.69. The second-order valence-corrected chi connectivity index (χ2v) is 7.85. The maximum atomic E-state index is 12.2. The van der Waals surface area contributed by atoms with Crippen LogP contribution in [0.1, 0.15) is 12.0 Å². The Bertz CT molecular complexity index is 1340. The van der Waals surface area contributed by atoms with Crippen molar-refractivity contribution in [2.75, 3.05) is 5.32 Å². The molecular formula is C22H16ClN5O. The van der Waals surface area contributed by atoms with Crippen LogP contribution in [0.15, 0.2) is 42.7 Å². The largest absolute Gasteiger partial charge is 0.310 e. The molecule has 0 spiro atoms. The van der Waals surface area contributed by atoms with Crippen LogP contribution in [0.2, 0.25) is 5.02 Å². The number of rotatable bonds is 3. The van der Waals surface area contributed by atoms with Gasteiger partial charge in [-0.1, -0.05) is 11.6 Å². The molecule has 142 valence electrons. The summed E-state index contributed by atoms with van der Waals surface area (Å²) in [6.45, 7) is 2.05. The molecule has 29 heavy (non-hydrogen) atoms. The first kappa shape index (κ1) is 17.7. The minimum atomic E-state index is -0.239. The number of benzene rings is 2. The lowest BCUT2D eigenvalue weighted by atomic mass is 9.97. The van der Waals surface area contributed by atoms with Crippen LogP contribution in [0.25, 0.3) is 32.8 Å². The van der Waals surface area contributed by atoms with Crippen LogP contribution < -0.4 is 5.32 Å². The summed E-state index contributed by atoms with van der Waals surface area (Å²) in [5.74, 6) is -0.123. The number of anilines is 1. The summed E-state index contributed by atoms with van der Waals surface area (Å²) in [6.07, 6.45) is 4.07. The van der Waals surface area contributed by atoms with E-state index in [0.717, 1.165) is 38.4 Å². The molecule has 2 N–H and O–H groups in total. The number of nitrogens with zero attached hydrogens (tertiary/aromatic N) is 3. The smallest absolute Gasteiger partial charge is 0.230 e. The number of nitriles is 1. The molecular weight excluding hydrogens is 386 g/mol. The third kappa shape index (κ3) is 3.10. The van der Waals surface area contributed by atoms with E-state index >= 15 is 0 Å². The zero-order valence-corrected chi connectivity index (χ0v) is 16.3. The normalized spacial score (nSPS) is 18.0. The van der Waals surface area contributed by atoms with E-state index in [9.17, 15) is 4.79 Å². The summed E-state index contributed by atoms with van der Waals surface area (Å²) in [6, 6.07) is 12.1. The number of fused-ring (bicyclic) bond motifs is 2. The van der Waals surface area contributed by atoms with Crippen molar-refractivity contribution >= 4 is 45.0 Å². The third-order valence-electron chi connectivity index (χ3n) is 5.43. The average Bonchev–Trinajstić information content (AvgIpc) is 3.37. The zero-order valence-electron chi connectivity index (χ0n) is 15.5. The lowest BCUT2D eigenvalue weighted by Crippen LogP contribution is -2.15. The van der Waals surface area contributed by atoms with Crippen molar-refractivity contribution in [2.45, 2.75) is 13.3 Å². The molecule has 1 saturated carbocycles. The van der Waals surface area contributed by atoms with Crippen LogP contribution >= 0.6 is 11.6 Å². The summed E-state index contributed by atoms with van der Waals surface area (Å²) in [5, 5.41) is 22.1. The highest BCUT2D eigenvalue weighted by Gasteiger charge is 2.43. The Hall–Kier alpha value is -3.43. The number of halogens is 1. The molecule has 1 amide bonds. The minimum Gasteiger partial charge on any atom is -0.310 e. The van der Waals surface area contributed by atoms with E-state index in [2.05, 4.69) is 38.7 Å². The second-order valence-electron chi connectivity index (χ2n) is 7.44. The molecule has 0 radical (unpaired) electrons. The Morgan fingerprint density at radius 3 is 2.90 bits per heavy atom. The standard InChI is InChI=1S/C22H16ClN5O/c1-11-2-20-15(9-26-28-20)5-16(11)12-3-13-7-21(25-10-18(13)19(23)6-12)27-22(29)17-4-14(17)8-24/h2-3,5-7,9-10,14,17H,4H2,1H3,(H,26,28)(H,25,27,29)/t14-,17?/m0/s1. The van der Waals surface area contributed by atoms with Crippen LogP contribution in [-0.4, -0.2) is 21.1 Å². The lowest BCUT2D eigenvalue weighted by Gasteiger charge is -2.11. The van der Waals surface area contributed by atoms with Gasteiger partial charge >= 0.3 is 0 Å². The number of pyridine rings is 1. The fraction of sp³-hybridized carbons (Fsp3) is 0.182. The van der Waals surface area contributed by atoms with Crippen molar-refractivity contribution in [1.29, 1.82) is 5.26 Å². The first-order valence-corrected chi connectivity index (χ1v) is 9.65. The summed E-state index contributed by atoms with van der Waals surface area (Å²) in [4.78, 5) is 16.6. The number of aromatic nitrogens is 3. The number of hydrogen-bond donors (Lipinski definition) is 2. The van der Waals surface area contributed by atoms with Crippen molar-refractivity contribution in [2.24, 2.45) is 11.8 Å². The molecule has 0 aliphatic heterocycles. The van der Waals surface area contributed by atoms with Crippen LogP contribution in [0.3, 0.4) is 0 Å². The molecule has 1 aliphatic carbocycles. The zero-order chi connectivity index (χ0) is 20.1. The summed E-state index contributed by atoms with van der Waals surface area (Å²) >= 11 is 6.54. The Kier molecular flexibility index (Phi) is 4.00. The molecule has 1 unspecified atom stereocenters. The number of H-pyrrole nitrogens is 1. The van der Waals surface area contributed by atoms with Gasteiger partial charge < -0.3 is 5.32 Å². The van der Waals surface area contributed by atoms with E-state index in [1.165, 1.54) is 0 Å². The second kappa shape index (κ2) is 6.57. The quantitative estimate of drug-likeness (QED) is 0.513. The fourth-order valence-corrected chi connectivity index (χ4v) is 3.97. The van der Waals surface area contributed by atoms with Crippen LogP contribution in [0, 0.1) is 30.1 Å². The number of aromatic amines is 1. The van der Waals surface area contributed by atoms with Crippen molar-refractivity contribution in [1.82, 2.24) is 15.2 Å². The van der Waals surface area contributed by atoms with Gasteiger partial charge in [-0.15, -0.1) is 0 Å². The predicted molar refractivity (Wildman–Crippen MR) is 112 cm³/mol. The van der Waals surface area contributed by atoms with Gasteiger partial charge in [0.1, 0.15) is 5.82 Å². The SMILES string of the molecule is Cc1cc2[nH]ncc2cc1-c1cc(Cl)c2cnc(NC(=O)C3C[C@H]3C#N)cc2c1. The maximum absolute atomic E-state index is 12.2. The number of nitrogens with one attached hydrogen (secondary N) is 2. The molecule has 0 bridgehead atoms.